The smallest absolute Gasteiger partial charge is 0.239 e. The molecule has 2 rings (SSSR count). The molecular formula is C20H31FN2O. The number of halogens is 1. The Bertz CT molecular complexity index is 575. The minimum Gasteiger partial charge on any atom is -0.354 e. The van der Waals surface area contributed by atoms with Gasteiger partial charge in [-0.3, -0.25) is 9.69 Å². The van der Waals surface area contributed by atoms with Gasteiger partial charge in [0.15, 0.2) is 0 Å². The van der Waals surface area contributed by atoms with E-state index in [1.807, 2.05) is 39.0 Å². The molecule has 24 heavy (non-hydrogen) atoms. The maximum atomic E-state index is 14.3. The molecule has 3 nitrogen and oxygen atoms in total. The third-order valence-electron chi connectivity index (χ3n) is 5.17. The maximum absolute atomic E-state index is 14.3. The molecule has 1 aliphatic heterocycles. The van der Waals surface area contributed by atoms with Crippen molar-refractivity contribution in [2.24, 2.45) is 5.92 Å². The number of rotatable bonds is 5. The largest absolute Gasteiger partial charge is 0.354 e. The Morgan fingerprint density at radius 3 is 2.54 bits per heavy atom. The Hall–Kier alpha value is -1.42. The van der Waals surface area contributed by atoms with Gasteiger partial charge >= 0.3 is 0 Å². The minimum absolute atomic E-state index is 0.0649. The van der Waals surface area contributed by atoms with Gasteiger partial charge in [-0.1, -0.05) is 32.0 Å². The van der Waals surface area contributed by atoms with Gasteiger partial charge in [0.25, 0.3) is 0 Å². The van der Waals surface area contributed by atoms with Gasteiger partial charge in [0.05, 0.1) is 5.54 Å². The number of hydrogen-bond donors (Lipinski definition) is 1. The van der Waals surface area contributed by atoms with Crippen LogP contribution in [0, 0.1) is 18.7 Å². The summed E-state index contributed by atoms with van der Waals surface area (Å²) in [6.45, 7) is 12.3. The molecule has 1 amide bonds. The number of likely N-dealkylation sites (tertiary alicyclic amines) is 1. The third-order valence-corrected chi connectivity index (χ3v) is 5.17. The molecule has 0 radical (unpaired) electrons. The molecule has 0 bridgehead atoms. The van der Waals surface area contributed by atoms with E-state index in [1.54, 1.807) is 0 Å². The molecule has 1 aliphatic rings. The van der Waals surface area contributed by atoms with Gasteiger partial charge in [0.1, 0.15) is 5.82 Å². The van der Waals surface area contributed by atoms with Crippen molar-refractivity contribution >= 4 is 5.91 Å². The van der Waals surface area contributed by atoms with Crippen LogP contribution in [0.5, 0.6) is 0 Å². The Kier molecular flexibility index (Phi) is 6.02. The Morgan fingerprint density at radius 1 is 1.33 bits per heavy atom. The summed E-state index contributed by atoms with van der Waals surface area (Å²) in [7, 11) is 0. The molecule has 1 N–H and O–H groups in total. The molecule has 1 aromatic rings. The molecule has 0 spiro atoms. The second-order valence-corrected chi connectivity index (χ2v) is 7.90. The van der Waals surface area contributed by atoms with E-state index < -0.39 is 5.54 Å². The van der Waals surface area contributed by atoms with Crippen LogP contribution in [-0.2, 0) is 4.79 Å². The van der Waals surface area contributed by atoms with Crippen LogP contribution < -0.4 is 5.32 Å². The SMILES string of the molecule is Cc1cccc(C2CCN(C(C)(C)C(=O)NCC(C)C)CC2)c1F. The van der Waals surface area contributed by atoms with E-state index in [4.69, 9.17) is 0 Å². The lowest BCUT2D eigenvalue weighted by Crippen LogP contribution is -2.57. The van der Waals surface area contributed by atoms with E-state index in [9.17, 15) is 9.18 Å². The van der Waals surface area contributed by atoms with E-state index in [0.717, 1.165) is 31.5 Å². The molecule has 1 heterocycles. The Morgan fingerprint density at radius 2 is 1.96 bits per heavy atom. The van der Waals surface area contributed by atoms with Crippen LogP contribution in [0.25, 0.3) is 0 Å². The van der Waals surface area contributed by atoms with Gasteiger partial charge in [-0.05, 0) is 69.7 Å². The summed E-state index contributed by atoms with van der Waals surface area (Å²) in [6, 6.07) is 5.66. The first kappa shape index (κ1) is 18.9. The highest BCUT2D eigenvalue weighted by molar-refractivity contribution is 5.85. The number of aryl methyl sites for hydroxylation is 1. The first-order valence-corrected chi connectivity index (χ1v) is 9.01. The van der Waals surface area contributed by atoms with Gasteiger partial charge in [-0.25, -0.2) is 4.39 Å². The molecule has 1 saturated heterocycles. The molecule has 0 unspecified atom stereocenters. The predicted octanol–water partition coefficient (Wildman–Crippen LogP) is 3.86. The average molecular weight is 334 g/mol. The van der Waals surface area contributed by atoms with Crippen LogP contribution in [0.3, 0.4) is 0 Å². The van der Waals surface area contributed by atoms with Crippen LogP contribution in [-0.4, -0.2) is 36.0 Å². The van der Waals surface area contributed by atoms with E-state index in [2.05, 4.69) is 24.1 Å². The van der Waals surface area contributed by atoms with Crippen molar-refractivity contribution in [3.8, 4) is 0 Å². The fraction of sp³-hybridized carbons (Fsp3) is 0.650. The van der Waals surface area contributed by atoms with Crippen molar-refractivity contribution in [2.45, 2.75) is 58.9 Å². The molecule has 134 valence electrons. The first-order chi connectivity index (χ1) is 11.2. The highest BCUT2D eigenvalue weighted by Crippen LogP contribution is 2.33. The minimum atomic E-state index is -0.523. The molecule has 0 atom stereocenters. The van der Waals surface area contributed by atoms with Crippen molar-refractivity contribution in [1.82, 2.24) is 10.2 Å². The Labute approximate surface area is 145 Å². The van der Waals surface area contributed by atoms with Crippen molar-refractivity contribution in [2.75, 3.05) is 19.6 Å². The molecule has 1 aromatic carbocycles. The highest BCUT2D eigenvalue weighted by atomic mass is 19.1. The van der Waals surface area contributed by atoms with Crippen LogP contribution >= 0.6 is 0 Å². The number of nitrogens with one attached hydrogen (secondary N) is 1. The predicted molar refractivity (Wildman–Crippen MR) is 96.6 cm³/mol. The number of carbonyl (C=O) groups is 1. The second-order valence-electron chi connectivity index (χ2n) is 7.90. The summed E-state index contributed by atoms with van der Waals surface area (Å²) in [5.41, 5.74) is 1.02. The van der Waals surface area contributed by atoms with Crippen molar-refractivity contribution in [1.29, 1.82) is 0 Å². The third kappa shape index (κ3) is 4.15. The van der Waals surface area contributed by atoms with E-state index >= 15 is 0 Å². The summed E-state index contributed by atoms with van der Waals surface area (Å²) in [5, 5.41) is 3.04. The standard InChI is InChI=1S/C20H31FN2O/c1-14(2)13-22-19(24)20(4,5)23-11-9-16(10-12-23)17-8-6-7-15(3)18(17)21/h6-8,14,16H,9-13H2,1-5H3,(H,22,24). The van der Waals surface area contributed by atoms with Crippen molar-refractivity contribution in [3.63, 3.8) is 0 Å². The maximum Gasteiger partial charge on any atom is 0.239 e. The number of nitrogens with zero attached hydrogens (tertiary/aromatic N) is 1. The molecule has 0 saturated carbocycles. The lowest BCUT2D eigenvalue weighted by atomic mass is 9.86. The molecule has 1 fully saturated rings. The zero-order chi connectivity index (χ0) is 17.9. The van der Waals surface area contributed by atoms with Crippen LogP contribution in [0.1, 0.15) is 57.6 Å². The van der Waals surface area contributed by atoms with Crippen LogP contribution in [0.2, 0.25) is 0 Å². The zero-order valence-electron chi connectivity index (χ0n) is 15.7. The second kappa shape index (κ2) is 7.64. The number of amides is 1. The zero-order valence-corrected chi connectivity index (χ0v) is 15.7. The number of benzene rings is 1. The van der Waals surface area contributed by atoms with Crippen molar-refractivity contribution < 1.29 is 9.18 Å². The monoisotopic (exact) mass is 334 g/mol. The summed E-state index contributed by atoms with van der Waals surface area (Å²) < 4.78 is 14.3. The van der Waals surface area contributed by atoms with Gasteiger partial charge in [0.2, 0.25) is 5.91 Å². The topological polar surface area (TPSA) is 32.3 Å². The normalized spacial score (nSPS) is 17.3. The fourth-order valence-corrected chi connectivity index (χ4v) is 3.39. The summed E-state index contributed by atoms with van der Waals surface area (Å²) >= 11 is 0. The van der Waals surface area contributed by atoms with Gasteiger partial charge in [-0.2, -0.15) is 0 Å². The van der Waals surface area contributed by atoms with E-state index in [0.29, 0.717) is 18.0 Å². The summed E-state index contributed by atoms with van der Waals surface area (Å²) in [6.07, 6.45) is 1.78. The lowest BCUT2D eigenvalue weighted by Gasteiger charge is -2.42. The van der Waals surface area contributed by atoms with Gasteiger partial charge in [-0.15, -0.1) is 0 Å². The average Bonchev–Trinajstić information content (AvgIpc) is 2.55. The van der Waals surface area contributed by atoms with Gasteiger partial charge in [0, 0.05) is 6.54 Å². The van der Waals surface area contributed by atoms with Crippen LogP contribution in [0.15, 0.2) is 18.2 Å². The lowest BCUT2D eigenvalue weighted by molar-refractivity contribution is -0.132. The molecule has 4 heteroatoms. The number of hydrogen-bond acceptors (Lipinski definition) is 2. The highest BCUT2D eigenvalue weighted by Gasteiger charge is 2.37. The Balaban J connectivity index is 1.98. The summed E-state index contributed by atoms with van der Waals surface area (Å²) in [5.74, 6) is 0.705. The summed E-state index contributed by atoms with van der Waals surface area (Å²) in [4.78, 5) is 14.7. The number of carbonyl (C=O) groups excluding carboxylic acids is 1. The fourth-order valence-electron chi connectivity index (χ4n) is 3.39. The first-order valence-electron chi connectivity index (χ1n) is 9.01. The van der Waals surface area contributed by atoms with Crippen molar-refractivity contribution in [3.05, 3.63) is 35.1 Å². The van der Waals surface area contributed by atoms with E-state index in [1.165, 1.54) is 0 Å². The van der Waals surface area contributed by atoms with Gasteiger partial charge < -0.3 is 5.32 Å². The quantitative estimate of drug-likeness (QED) is 0.887. The van der Waals surface area contributed by atoms with Crippen LogP contribution in [0.4, 0.5) is 4.39 Å². The molecule has 0 aliphatic carbocycles. The molecular weight excluding hydrogens is 303 g/mol. The van der Waals surface area contributed by atoms with E-state index in [-0.39, 0.29) is 17.6 Å². The molecule has 0 aromatic heterocycles. The number of piperidine rings is 1.